The summed E-state index contributed by atoms with van der Waals surface area (Å²) in [6.45, 7) is 4.73. The van der Waals surface area contributed by atoms with E-state index in [0.29, 0.717) is 0 Å². The largest absolute Gasteiger partial charge is 0.310 e. The van der Waals surface area contributed by atoms with E-state index in [1.165, 1.54) is 86.1 Å². The molecule has 0 amide bonds. The van der Waals surface area contributed by atoms with Crippen molar-refractivity contribution in [1.29, 1.82) is 0 Å². The Bertz CT molecular complexity index is 3420. The van der Waals surface area contributed by atoms with Gasteiger partial charge >= 0.3 is 0 Å². The molecule has 0 fully saturated rings. The maximum absolute atomic E-state index is 2.50. The lowest BCUT2D eigenvalue weighted by Gasteiger charge is -2.29. The molecule has 0 aliphatic heterocycles. The van der Waals surface area contributed by atoms with Gasteiger partial charge in [0.1, 0.15) is 0 Å². The molecule has 2 aromatic heterocycles. The number of anilines is 3. The molecule has 58 heavy (non-hydrogen) atoms. The third kappa shape index (κ3) is 4.84. The van der Waals surface area contributed by atoms with Crippen LogP contribution in [0.3, 0.4) is 0 Å². The third-order valence-electron chi connectivity index (χ3n) is 12.6. The highest BCUT2D eigenvalue weighted by molar-refractivity contribution is 7.26. The molecule has 0 spiro atoms. The molecule has 3 heteroatoms. The molecule has 0 unspecified atom stereocenters. The normalized spacial score (nSPS) is 13.1. The van der Waals surface area contributed by atoms with Crippen molar-refractivity contribution in [2.75, 3.05) is 4.90 Å². The van der Waals surface area contributed by atoms with Gasteiger partial charge in [-0.3, -0.25) is 0 Å². The van der Waals surface area contributed by atoms with Crippen molar-refractivity contribution in [3.8, 4) is 27.9 Å². The summed E-state index contributed by atoms with van der Waals surface area (Å²) < 4.78 is 5.10. The SMILES string of the molecule is CC1(C)c2ccccc2-c2ccc(N(c3ccc4c(c3)c3ccc5sc6ccc(-c7ccccc7)cc6c5c3n4-c3ccccc3)c3cccc4ccccc34)cc21. The molecular weight excluding hydrogens is 721 g/mol. The van der Waals surface area contributed by atoms with E-state index in [4.69, 9.17) is 0 Å². The Morgan fingerprint density at radius 3 is 2.05 bits per heavy atom. The highest BCUT2D eigenvalue weighted by atomic mass is 32.1. The molecule has 12 rings (SSSR count). The monoisotopic (exact) mass is 758 g/mol. The highest BCUT2D eigenvalue weighted by Gasteiger charge is 2.36. The van der Waals surface area contributed by atoms with E-state index in [1.807, 2.05) is 11.3 Å². The van der Waals surface area contributed by atoms with E-state index in [0.717, 1.165) is 22.7 Å². The number of para-hydroxylation sites is 1. The molecule has 1 aliphatic rings. The molecule has 0 N–H and O–H groups in total. The quantitative estimate of drug-likeness (QED) is 0.170. The standard InChI is InChI=1S/C55H38N2S/c1-55(2)47-22-12-11-21-42(47)43-27-25-40(34-48(43)55)56(49-23-13-17-36-16-9-10-20-41(36)49)39-26-29-50-45(33-39)44-28-31-52-53(54(44)57(50)38-18-7-4-8-19-38)46-32-37(24-30-51(46)58-52)35-14-5-3-6-15-35/h3-34H,1-2H3. The van der Waals surface area contributed by atoms with Gasteiger partial charge in [0, 0.05) is 58.8 Å². The number of fused-ring (bicyclic) bond motifs is 11. The second-order valence-corrected chi connectivity index (χ2v) is 17.2. The molecule has 1 aliphatic carbocycles. The maximum Gasteiger partial charge on any atom is 0.0634 e. The third-order valence-corrected chi connectivity index (χ3v) is 13.7. The Morgan fingerprint density at radius 1 is 0.466 bits per heavy atom. The van der Waals surface area contributed by atoms with Gasteiger partial charge in [-0.1, -0.05) is 141 Å². The number of hydrogen-bond donors (Lipinski definition) is 0. The zero-order chi connectivity index (χ0) is 38.5. The van der Waals surface area contributed by atoms with Gasteiger partial charge in [-0.05, 0) is 105 Å². The van der Waals surface area contributed by atoms with Crippen molar-refractivity contribution in [2.24, 2.45) is 0 Å². The second kappa shape index (κ2) is 12.5. The van der Waals surface area contributed by atoms with Crippen molar-refractivity contribution >= 4 is 81.1 Å². The fourth-order valence-electron chi connectivity index (χ4n) is 9.81. The predicted molar refractivity (Wildman–Crippen MR) is 249 cm³/mol. The Kier molecular flexibility index (Phi) is 7.18. The molecule has 0 bridgehead atoms. The van der Waals surface area contributed by atoms with Gasteiger partial charge in [0.15, 0.2) is 0 Å². The first-order valence-corrected chi connectivity index (χ1v) is 20.9. The Labute approximate surface area is 341 Å². The van der Waals surface area contributed by atoms with Crippen molar-refractivity contribution in [1.82, 2.24) is 4.57 Å². The van der Waals surface area contributed by atoms with Crippen LogP contribution < -0.4 is 4.90 Å². The first kappa shape index (κ1) is 33.2. The second-order valence-electron chi connectivity index (χ2n) is 16.1. The topological polar surface area (TPSA) is 8.17 Å². The zero-order valence-electron chi connectivity index (χ0n) is 32.3. The molecule has 274 valence electrons. The fourth-order valence-corrected chi connectivity index (χ4v) is 10.9. The van der Waals surface area contributed by atoms with Gasteiger partial charge in [0.2, 0.25) is 0 Å². The first-order valence-electron chi connectivity index (χ1n) is 20.1. The van der Waals surface area contributed by atoms with Crippen LogP contribution in [0.15, 0.2) is 194 Å². The lowest BCUT2D eigenvalue weighted by atomic mass is 9.82. The van der Waals surface area contributed by atoms with Crippen LogP contribution in [0.1, 0.15) is 25.0 Å². The van der Waals surface area contributed by atoms with Crippen LogP contribution in [-0.4, -0.2) is 4.57 Å². The number of thiophene rings is 1. The minimum atomic E-state index is -0.117. The van der Waals surface area contributed by atoms with Gasteiger partial charge < -0.3 is 9.47 Å². The van der Waals surface area contributed by atoms with E-state index >= 15 is 0 Å². The van der Waals surface area contributed by atoms with Gasteiger partial charge in [0.25, 0.3) is 0 Å². The summed E-state index contributed by atoms with van der Waals surface area (Å²) in [4.78, 5) is 2.48. The number of benzene rings is 9. The smallest absolute Gasteiger partial charge is 0.0634 e. The summed E-state index contributed by atoms with van der Waals surface area (Å²) in [5, 5.41) is 7.54. The number of hydrogen-bond acceptors (Lipinski definition) is 2. The van der Waals surface area contributed by atoms with Crippen LogP contribution in [-0.2, 0) is 5.41 Å². The summed E-state index contributed by atoms with van der Waals surface area (Å²) in [5.41, 5.74) is 14.8. The maximum atomic E-state index is 2.50. The molecule has 2 nitrogen and oxygen atoms in total. The molecular formula is C55H38N2S. The van der Waals surface area contributed by atoms with Crippen molar-refractivity contribution in [3.63, 3.8) is 0 Å². The Balaban J connectivity index is 1.14. The Morgan fingerprint density at radius 2 is 1.17 bits per heavy atom. The van der Waals surface area contributed by atoms with Crippen LogP contribution in [0.4, 0.5) is 17.1 Å². The minimum absolute atomic E-state index is 0.117. The van der Waals surface area contributed by atoms with Crippen molar-refractivity contribution in [2.45, 2.75) is 19.3 Å². The lowest BCUT2D eigenvalue weighted by Crippen LogP contribution is -2.16. The highest BCUT2D eigenvalue weighted by Crippen LogP contribution is 2.52. The van der Waals surface area contributed by atoms with Crippen LogP contribution in [0, 0.1) is 0 Å². The summed E-state index contributed by atoms with van der Waals surface area (Å²) in [5.74, 6) is 0. The van der Waals surface area contributed by atoms with Crippen LogP contribution in [0.25, 0.3) is 80.7 Å². The van der Waals surface area contributed by atoms with Gasteiger partial charge in [0.05, 0.1) is 16.7 Å². The van der Waals surface area contributed by atoms with E-state index in [2.05, 4.69) is 217 Å². The lowest BCUT2D eigenvalue weighted by molar-refractivity contribution is 0.660. The molecule has 0 atom stereocenters. The molecule has 0 saturated carbocycles. The number of aromatic nitrogens is 1. The predicted octanol–water partition coefficient (Wildman–Crippen LogP) is 15.7. The molecule has 11 aromatic rings. The van der Waals surface area contributed by atoms with E-state index in [1.54, 1.807) is 0 Å². The molecule has 2 heterocycles. The first-order chi connectivity index (χ1) is 28.5. The fraction of sp³-hybridized carbons (Fsp3) is 0.0545. The van der Waals surface area contributed by atoms with Gasteiger partial charge in [-0.25, -0.2) is 0 Å². The molecule has 0 saturated heterocycles. The molecule has 0 radical (unpaired) electrons. The zero-order valence-corrected chi connectivity index (χ0v) is 33.1. The van der Waals surface area contributed by atoms with E-state index < -0.39 is 0 Å². The van der Waals surface area contributed by atoms with Crippen LogP contribution in [0.5, 0.6) is 0 Å². The summed E-state index contributed by atoms with van der Waals surface area (Å²) in [6, 6.07) is 71.9. The summed E-state index contributed by atoms with van der Waals surface area (Å²) in [7, 11) is 0. The van der Waals surface area contributed by atoms with E-state index in [9.17, 15) is 0 Å². The van der Waals surface area contributed by atoms with Crippen LogP contribution in [0.2, 0.25) is 0 Å². The minimum Gasteiger partial charge on any atom is -0.310 e. The summed E-state index contributed by atoms with van der Waals surface area (Å²) >= 11 is 1.88. The average molecular weight is 759 g/mol. The van der Waals surface area contributed by atoms with Crippen molar-refractivity contribution in [3.05, 3.63) is 205 Å². The average Bonchev–Trinajstić information content (AvgIpc) is 3.89. The van der Waals surface area contributed by atoms with Gasteiger partial charge in [-0.2, -0.15) is 0 Å². The molecule has 9 aromatic carbocycles. The number of nitrogens with zero attached hydrogens (tertiary/aromatic N) is 2. The Hall–Kier alpha value is -6.94. The number of rotatable bonds is 5. The summed E-state index contributed by atoms with van der Waals surface area (Å²) in [6.07, 6.45) is 0. The van der Waals surface area contributed by atoms with Crippen molar-refractivity contribution < 1.29 is 0 Å². The van der Waals surface area contributed by atoms with E-state index in [-0.39, 0.29) is 5.41 Å². The van der Waals surface area contributed by atoms with Crippen LogP contribution >= 0.6 is 11.3 Å². The van der Waals surface area contributed by atoms with Gasteiger partial charge in [-0.15, -0.1) is 11.3 Å².